The third kappa shape index (κ3) is 3.28. The number of rotatable bonds is 6. The Morgan fingerprint density at radius 3 is 2.19 bits per heavy atom. The zero-order chi connectivity index (χ0) is 18.7. The number of benzene rings is 2. The summed E-state index contributed by atoms with van der Waals surface area (Å²) in [6, 6.07) is 11.5. The summed E-state index contributed by atoms with van der Waals surface area (Å²) in [5, 5.41) is 3.10. The molecule has 1 saturated heterocycles. The maximum Gasteiger partial charge on any atom is 0.256 e. The van der Waals surface area contributed by atoms with Crippen molar-refractivity contribution >= 4 is 23.2 Å². The highest BCUT2D eigenvalue weighted by Crippen LogP contribution is 2.35. The molecular formula is C19H20N2O5. The summed E-state index contributed by atoms with van der Waals surface area (Å²) >= 11 is 0. The van der Waals surface area contributed by atoms with Crippen molar-refractivity contribution in [1.82, 2.24) is 0 Å². The Morgan fingerprint density at radius 1 is 0.923 bits per heavy atom. The minimum absolute atomic E-state index is 0.0695. The minimum Gasteiger partial charge on any atom is -0.497 e. The largest absolute Gasteiger partial charge is 0.497 e. The Labute approximate surface area is 151 Å². The van der Waals surface area contributed by atoms with Crippen LogP contribution < -0.4 is 24.4 Å². The van der Waals surface area contributed by atoms with Crippen LogP contribution in [0.5, 0.6) is 17.2 Å². The first-order valence-electron chi connectivity index (χ1n) is 8.06. The van der Waals surface area contributed by atoms with E-state index in [2.05, 4.69) is 5.32 Å². The molecule has 3 rings (SSSR count). The average Bonchev–Trinajstić information content (AvgIpc) is 2.95. The lowest BCUT2D eigenvalue weighted by molar-refractivity contribution is -0.121. The van der Waals surface area contributed by atoms with Crippen LogP contribution >= 0.6 is 0 Å². The van der Waals surface area contributed by atoms with Crippen molar-refractivity contribution in [2.75, 3.05) is 31.5 Å². The van der Waals surface area contributed by atoms with Crippen molar-refractivity contribution in [3.8, 4) is 17.2 Å². The maximum absolute atomic E-state index is 12.8. The van der Waals surface area contributed by atoms with Gasteiger partial charge < -0.3 is 19.5 Å². The molecule has 2 aromatic carbocycles. The standard InChI is InChI=1S/C19H20N2O5/c1-24-13-6-4-12(5-7-13)20-15-11-18(22)21(19(15)23)16-9-8-14(25-2)10-17(16)26-3/h4-10,15,20H,11H2,1-3H3. The Kier molecular flexibility index (Phi) is 4.97. The molecule has 1 unspecified atom stereocenters. The summed E-state index contributed by atoms with van der Waals surface area (Å²) in [5.41, 5.74) is 1.14. The summed E-state index contributed by atoms with van der Waals surface area (Å²) in [6.07, 6.45) is 0.0695. The smallest absolute Gasteiger partial charge is 0.256 e. The summed E-state index contributed by atoms with van der Waals surface area (Å²) in [4.78, 5) is 26.4. The third-order valence-corrected chi connectivity index (χ3v) is 4.21. The summed E-state index contributed by atoms with van der Waals surface area (Å²) in [5.74, 6) is 1.08. The number of anilines is 2. The first kappa shape index (κ1) is 17.6. The predicted molar refractivity (Wildman–Crippen MR) is 97.1 cm³/mol. The van der Waals surface area contributed by atoms with Gasteiger partial charge in [0.15, 0.2) is 0 Å². The van der Waals surface area contributed by atoms with Gasteiger partial charge >= 0.3 is 0 Å². The zero-order valence-electron chi connectivity index (χ0n) is 14.8. The molecule has 7 heteroatoms. The molecule has 1 fully saturated rings. The summed E-state index contributed by atoms with van der Waals surface area (Å²) in [7, 11) is 4.60. The Balaban J connectivity index is 1.82. The third-order valence-electron chi connectivity index (χ3n) is 4.21. The molecule has 1 N–H and O–H groups in total. The van der Waals surface area contributed by atoms with Crippen LogP contribution in [0, 0.1) is 0 Å². The van der Waals surface area contributed by atoms with Gasteiger partial charge in [-0.25, -0.2) is 4.90 Å². The van der Waals surface area contributed by atoms with Crippen molar-refractivity contribution in [1.29, 1.82) is 0 Å². The van der Waals surface area contributed by atoms with Crippen LogP contribution in [0.2, 0.25) is 0 Å². The molecule has 0 aromatic heterocycles. The van der Waals surface area contributed by atoms with Crippen LogP contribution in [0.25, 0.3) is 0 Å². The number of nitrogens with one attached hydrogen (secondary N) is 1. The molecule has 2 aromatic rings. The van der Waals surface area contributed by atoms with E-state index in [1.807, 2.05) is 0 Å². The van der Waals surface area contributed by atoms with E-state index in [1.54, 1.807) is 49.6 Å². The van der Waals surface area contributed by atoms with E-state index >= 15 is 0 Å². The molecule has 0 aliphatic carbocycles. The lowest BCUT2D eigenvalue weighted by Gasteiger charge is -2.19. The van der Waals surface area contributed by atoms with Gasteiger partial charge in [0.1, 0.15) is 23.3 Å². The molecule has 1 aliphatic heterocycles. The monoisotopic (exact) mass is 356 g/mol. The Hall–Kier alpha value is -3.22. The molecule has 7 nitrogen and oxygen atoms in total. The second kappa shape index (κ2) is 7.35. The van der Waals surface area contributed by atoms with Gasteiger partial charge in [0.2, 0.25) is 5.91 Å². The first-order chi connectivity index (χ1) is 12.6. The van der Waals surface area contributed by atoms with Crippen LogP contribution in [0.3, 0.4) is 0 Å². The molecule has 2 amide bonds. The highest BCUT2D eigenvalue weighted by molar-refractivity contribution is 6.23. The SMILES string of the molecule is COc1ccc(NC2CC(=O)N(c3ccc(OC)cc3OC)C2=O)cc1. The number of methoxy groups -OCH3 is 3. The van der Waals surface area contributed by atoms with E-state index in [9.17, 15) is 9.59 Å². The van der Waals surface area contributed by atoms with Gasteiger partial charge in [-0.3, -0.25) is 9.59 Å². The zero-order valence-corrected chi connectivity index (χ0v) is 14.8. The molecular weight excluding hydrogens is 336 g/mol. The fourth-order valence-corrected chi connectivity index (χ4v) is 2.86. The van der Waals surface area contributed by atoms with Crippen molar-refractivity contribution < 1.29 is 23.8 Å². The van der Waals surface area contributed by atoms with E-state index < -0.39 is 6.04 Å². The van der Waals surface area contributed by atoms with Crippen molar-refractivity contribution in [2.45, 2.75) is 12.5 Å². The van der Waals surface area contributed by atoms with Gasteiger partial charge in [0, 0.05) is 11.8 Å². The number of hydrogen-bond donors (Lipinski definition) is 1. The second-order valence-electron chi connectivity index (χ2n) is 5.73. The van der Waals surface area contributed by atoms with Gasteiger partial charge in [-0.2, -0.15) is 0 Å². The fourth-order valence-electron chi connectivity index (χ4n) is 2.86. The van der Waals surface area contributed by atoms with Crippen LogP contribution in [-0.2, 0) is 9.59 Å². The molecule has 136 valence electrons. The van der Waals surface area contributed by atoms with Crippen molar-refractivity contribution in [3.05, 3.63) is 42.5 Å². The first-order valence-corrected chi connectivity index (χ1v) is 8.06. The number of carbonyl (C=O) groups is 2. The average molecular weight is 356 g/mol. The molecule has 1 aliphatic rings. The van der Waals surface area contributed by atoms with Gasteiger partial charge in [0.05, 0.1) is 33.4 Å². The minimum atomic E-state index is -0.636. The maximum atomic E-state index is 12.8. The summed E-state index contributed by atoms with van der Waals surface area (Å²) in [6.45, 7) is 0. The molecule has 1 atom stereocenters. The second-order valence-corrected chi connectivity index (χ2v) is 5.73. The molecule has 0 radical (unpaired) electrons. The Bertz CT molecular complexity index is 819. The number of ether oxygens (including phenoxy) is 3. The van der Waals surface area contributed by atoms with Gasteiger partial charge in [-0.1, -0.05) is 0 Å². The normalized spacial score (nSPS) is 16.6. The highest BCUT2D eigenvalue weighted by atomic mass is 16.5. The predicted octanol–water partition coefficient (Wildman–Crippen LogP) is 2.46. The van der Waals surface area contributed by atoms with Crippen molar-refractivity contribution in [3.63, 3.8) is 0 Å². The lowest BCUT2D eigenvalue weighted by Crippen LogP contribution is -2.35. The van der Waals surface area contributed by atoms with Crippen LogP contribution in [-0.4, -0.2) is 39.2 Å². The van der Waals surface area contributed by atoms with E-state index in [0.29, 0.717) is 22.9 Å². The van der Waals surface area contributed by atoms with Gasteiger partial charge in [-0.15, -0.1) is 0 Å². The summed E-state index contributed by atoms with van der Waals surface area (Å²) < 4.78 is 15.6. The quantitative estimate of drug-likeness (QED) is 0.801. The number of imide groups is 1. The molecule has 0 spiro atoms. The number of amides is 2. The van der Waals surface area contributed by atoms with E-state index in [0.717, 1.165) is 10.6 Å². The molecule has 0 saturated carbocycles. The number of hydrogen-bond acceptors (Lipinski definition) is 6. The van der Waals surface area contributed by atoms with Crippen molar-refractivity contribution in [2.24, 2.45) is 0 Å². The van der Waals surface area contributed by atoms with Crippen LogP contribution in [0.4, 0.5) is 11.4 Å². The van der Waals surface area contributed by atoms with Crippen LogP contribution in [0.15, 0.2) is 42.5 Å². The Morgan fingerprint density at radius 2 is 1.58 bits per heavy atom. The topological polar surface area (TPSA) is 77.1 Å². The molecule has 26 heavy (non-hydrogen) atoms. The van der Waals surface area contributed by atoms with E-state index in [1.165, 1.54) is 14.2 Å². The highest BCUT2D eigenvalue weighted by Gasteiger charge is 2.40. The van der Waals surface area contributed by atoms with Gasteiger partial charge in [0.25, 0.3) is 5.91 Å². The lowest BCUT2D eigenvalue weighted by atomic mass is 10.2. The van der Waals surface area contributed by atoms with E-state index in [4.69, 9.17) is 14.2 Å². The molecule has 1 heterocycles. The number of nitrogens with zero attached hydrogens (tertiary/aromatic N) is 1. The van der Waals surface area contributed by atoms with E-state index in [-0.39, 0.29) is 18.2 Å². The fraction of sp³-hybridized carbons (Fsp3) is 0.263. The number of carbonyl (C=O) groups excluding carboxylic acids is 2. The van der Waals surface area contributed by atoms with Gasteiger partial charge in [-0.05, 0) is 36.4 Å². The van der Waals surface area contributed by atoms with Crippen LogP contribution in [0.1, 0.15) is 6.42 Å². The molecule has 0 bridgehead atoms.